The van der Waals surface area contributed by atoms with E-state index in [9.17, 15) is 0 Å². The van der Waals surface area contributed by atoms with Crippen molar-refractivity contribution in [2.45, 2.75) is 45.1 Å². The van der Waals surface area contributed by atoms with Crippen LogP contribution >= 0.6 is 0 Å². The molecular formula is C18H23N. The predicted octanol–water partition coefficient (Wildman–Crippen LogP) is 4.21. The fourth-order valence-corrected chi connectivity index (χ4v) is 3.27. The maximum Gasteiger partial charge on any atom is 0.00390 e. The molecule has 0 saturated heterocycles. The van der Waals surface area contributed by atoms with Crippen LogP contribution < -0.4 is 5.73 Å². The number of rotatable bonds is 2. The SMILES string of the molecule is Cc1ccc2cc(CC3CCC(N)CC3)ccc2c1. The summed E-state index contributed by atoms with van der Waals surface area (Å²) in [4.78, 5) is 0. The van der Waals surface area contributed by atoms with E-state index in [1.54, 1.807) is 0 Å². The van der Waals surface area contributed by atoms with E-state index in [1.165, 1.54) is 54.0 Å². The molecular weight excluding hydrogens is 230 g/mol. The van der Waals surface area contributed by atoms with Crippen LogP contribution in [0.5, 0.6) is 0 Å². The molecule has 0 aliphatic heterocycles. The third kappa shape index (κ3) is 2.98. The molecule has 2 aromatic rings. The third-order valence-electron chi connectivity index (χ3n) is 4.48. The van der Waals surface area contributed by atoms with Crippen LogP contribution in [-0.2, 0) is 6.42 Å². The Balaban J connectivity index is 1.76. The Morgan fingerprint density at radius 2 is 1.63 bits per heavy atom. The largest absolute Gasteiger partial charge is 0.328 e. The summed E-state index contributed by atoms with van der Waals surface area (Å²) in [6.45, 7) is 2.15. The summed E-state index contributed by atoms with van der Waals surface area (Å²) in [5, 5.41) is 2.73. The number of benzene rings is 2. The van der Waals surface area contributed by atoms with E-state index in [0.717, 1.165) is 5.92 Å². The van der Waals surface area contributed by atoms with Gasteiger partial charge in [0.15, 0.2) is 0 Å². The van der Waals surface area contributed by atoms with Gasteiger partial charge in [-0.15, -0.1) is 0 Å². The number of hydrogen-bond donors (Lipinski definition) is 1. The molecule has 100 valence electrons. The first-order valence-electron chi connectivity index (χ1n) is 7.45. The van der Waals surface area contributed by atoms with Gasteiger partial charge in [0.05, 0.1) is 0 Å². The highest BCUT2D eigenvalue weighted by molar-refractivity contribution is 5.83. The van der Waals surface area contributed by atoms with Crippen molar-refractivity contribution in [2.24, 2.45) is 11.7 Å². The molecule has 0 bridgehead atoms. The Labute approximate surface area is 115 Å². The van der Waals surface area contributed by atoms with Crippen molar-refractivity contribution in [3.63, 3.8) is 0 Å². The Bertz CT molecular complexity index is 565. The summed E-state index contributed by atoms with van der Waals surface area (Å²) in [6, 6.07) is 14.1. The maximum atomic E-state index is 5.98. The van der Waals surface area contributed by atoms with Crippen molar-refractivity contribution in [2.75, 3.05) is 0 Å². The lowest BCUT2D eigenvalue weighted by Gasteiger charge is -2.26. The molecule has 1 fully saturated rings. The Morgan fingerprint density at radius 3 is 2.42 bits per heavy atom. The lowest BCUT2D eigenvalue weighted by Crippen LogP contribution is -2.27. The zero-order valence-corrected chi connectivity index (χ0v) is 11.7. The molecule has 3 rings (SSSR count). The standard InChI is InChI=1S/C18H23N/c1-13-2-6-17-12-15(3-7-16(17)10-13)11-14-4-8-18(19)9-5-14/h2-3,6-7,10,12,14,18H,4-5,8-9,11,19H2,1H3. The van der Waals surface area contributed by atoms with Crippen molar-refractivity contribution in [1.82, 2.24) is 0 Å². The molecule has 0 radical (unpaired) electrons. The first kappa shape index (κ1) is 12.7. The van der Waals surface area contributed by atoms with Crippen LogP contribution in [0.2, 0.25) is 0 Å². The molecule has 0 spiro atoms. The van der Waals surface area contributed by atoms with E-state index < -0.39 is 0 Å². The van der Waals surface area contributed by atoms with E-state index in [4.69, 9.17) is 5.73 Å². The average molecular weight is 253 g/mol. The summed E-state index contributed by atoms with van der Waals surface area (Å²) >= 11 is 0. The van der Waals surface area contributed by atoms with Crippen LogP contribution in [0.15, 0.2) is 36.4 Å². The summed E-state index contributed by atoms with van der Waals surface area (Å²) in [7, 11) is 0. The minimum atomic E-state index is 0.454. The van der Waals surface area contributed by atoms with E-state index in [1.807, 2.05) is 0 Å². The van der Waals surface area contributed by atoms with Crippen LogP contribution in [0, 0.1) is 12.8 Å². The summed E-state index contributed by atoms with van der Waals surface area (Å²) in [5.41, 5.74) is 8.80. The van der Waals surface area contributed by atoms with Crippen molar-refractivity contribution >= 4 is 10.8 Å². The Morgan fingerprint density at radius 1 is 0.947 bits per heavy atom. The van der Waals surface area contributed by atoms with Crippen LogP contribution in [0.1, 0.15) is 36.8 Å². The molecule has 0 heterocycles. The van der Waals surface area contributed by atoms with Gasteiger partial charge in [0.25, 0.3) is 0 Å². The zero-order valence-electron chi connectivity index (χ0n) is 11.7. The van der Waals surface area contributed by atoms with Crippen molar-refractivity contribution < 1.29 is 0 Å². The van der Waals surface area contributed by atoms with Gasteiger partial charge in [-0.2, -0.15) is 0 Å². The molecule has 1 heteroatoms. The van der Waals surface area contributed by atoms with Gasteiger partial charge in [-0.25, -0.2) is 0 Å². The first-order valence-corrected chi connectivity index (χ1v) is 7.45. The molecule has 0 unspecified atom stereocenters. The quantitative estimate of drug-likeness (QED) is 0.852. The normalized spacial score (nSPS) is 23.7. The third-order valence-corrected chi connectivity index (χ3v) is 4.48. The second-order valence-corrected chi connectivity index (χ2v) is 6.17. The second kappa shape index (κ2) is 5.34. The number of fused-ring (bicyclic) bond motifs is 1. The van der Waals surface area contributed by atoms with E-state index in [2.05, 4.69) is 43.3 Å². The van der Waals surface area contributed by atoms with Gasteiger partial charge in [-0.05, 0) is 61.3 Å². The Kier molecular flexibility index (Phi) is 3.56. The van der Waals surface area contributed by atoms with E-state index in [0.29, 0.717) is 6.04 Å². The van der Waals surface area contributed by atoms with Gasteiger partial charge in [0, 0.05) is 6.04 Å². The molecule has 1 saturated carbocycles. The topological polar surface area (TPSA) is 26.0 Å². The summed E-state index contributed by atoms with van der Waals surface area (Å²) in [5.74, 6) is 0.836. The minimum Gasteiger partial charge on any atom is -0.328 e. The summed E-state index contributed by atoms with van der Waals surface area (Å²) < 4.78 is 0. The maximum absolute atomic E-state index is 5.98. The van der Waals surface area contributed by atoms with Crippen molar-refractivity contribution in [3.05, 3.63) is 47.5 Å². The van der Waals surface area contributed by atoms with Gasteiger partial charge in [-0.3, -0.25) is 0 Å². The molecule has 19 heavy (non-hydrogen) atoms. The van der Waals surface area contributed by atoms with Crippen LogP contribution in [0.3, 0.4) is 0 Å². The molecule has 1 aliphatic rings. The molecule has 0 aromatic heterocycles. The van der Waals surface area contributed by atoms with Crippen LogP contribution in [0.4, 0.5) is 0 Å². The van der Waals surface area contributed by atoms with Crippen molar-refractivity contribution in [3.8, 4) is 0 Å². The van der Waals surface area contributed by atoms with Gasteiger partial charge in [-0.1, -0.05) is 42.0 Å². The smallest absolute Gasteiger partial charge is 0.00390 e. The van der Waals surface area contributed by atoms with Crippen molar-refractivity contribution in [1.29, 1.82) is 0 Å². The fraction of sp³-hybridized carbons (Fsp3) is 0.444. The average Bonchev–Trinajstić information content (AvgIpc) is 2.42. The van der Waals surface area contributed by atoms with Crippen LogP contribution in [-0.4, -0.2) is 6.04 Å². The molecule has 2 aromatic carbocycles. The monoisotopic (exact) mass is 253 g/mol. The molecule has 0 atom stereocenters. The number of hydrogen-bond acceptors (Lipinski definition) is 1. The zero-order chi connectivity index (χ0) is 13.2. The van der Waals surface area contributed by atoms with Gasteiger partial charge in [0.1, 0.15) is 0 Å². The molecule has 1 aliphatic carbocycles. The second-order valence-electron chi connectivity index (χ2n) is 6.17. The van der Waals surface area contributed by atoms with Gasteiger partial charge >= 0.3 is 0 Å². The van der Waals surface area contributed by atoms with Crippen LogP contribution in [0.25, 0.3) is 10.8 Å². The van der Waals surface area contributed by atoms with E-state index >= 15 is 0 Å². The number of aryl methyl sites for hydroxylation is 1. The lowest BCUT2D eigenvalue weighted by molar-refractivity contribution is 0.325. The highest BCUT2D eigenvalue weighted by Gasteiger charge is 2.18. The molecule has 1 nitrogen and oxygen atoms in total. The van der Waals surface area contributed by atoms with Gasteiger partial charge < -0.3 is 5.73 Å². The first-order chi connectivity index (χ1) is 9.20. The molecule has 2 N–H and O–H groups in total. The fourth-order valence-electron chi connectivity index (χ4n) is 3.27. The lowest BCUT2D eigenvalue weighted by atomic mass is 9.82. The van der Waals surface area contributed by atoms with Gasteiger partial charge in [0.2, 0.25) is 0 Å². The predicted molar refractivity (Wildman–Crippen MR) is 82.3 cm³/mol. The summed E-state index contributed by atoms with van der Waals surface area (Å²) in [6.07, 6.45) is 6.23. The van der Waals surface area contributed by atoms with E-state index in [-0.39, 0.29) is 0 Å². The molecule has 0 amide bonds. The number of nitrogens with two attached hydrogens (primary N) is 1. The highest BCUT2D eigenvalue weighted by Crippen LogP contribution is 2.27. The highest BCUT2D eigenvalue weighted by atomic mass is 14.6. The Hall–Kier alpha value is -1.34. The minimum absolute atomic E-state index is 0.454.